The number of hydrogen-bond donors (Lipinski definition) is 2. The number of nitrogens with two attached hydrogens (primary N) is 1. The summed E-state index contributed by atoms with van der Waals surface area (Å²) in [5, 5.41) is 3.15. The van der Waals surface area contributed by atoms with Gasteiger partial charge in [0, 0.05) is 23.7 Å². The minimum Gasteiger partial charge on any atom is -0.352 e. The van der Waals surface area contributed by atoms with Crippen LogP contribution in [0.15, 0.2) is 24.3 Å². The Hall–Kier alpha value is -1.75. The van der Waals surface area contributed by atoms with E-state index in [1.807, 2.05) is 0 Å². The van der Waals surface area contributed by atoms with E-state index in [0.717, 1.165) is 5.69 Å². The summed E-state index contributed by atoms with van der Waals surface area (Å²) in [6, 6.07) is 6.15. The maximum Gasteiger partial charge on any atom is 0.312 e. The van der Waals surface area contributed by atoms with Crippen molar-refractivity contribution in [3.05, 3.63) is 29.3 Å². The van der Waals surface area contributed by atoms with Crippen molar-refractivity contribution in [2.45, 2.75) is 12.5 Å². The van der Waals surface area contributed by atoms with Crippen LogP contribution in [0.4, 0.5) is 10.5 Å². The number of nitrogens with one attached hydrogen (secondary N) is 1. The smallest absolute Gasteiger partial charge is 0.312 e. The lowest BCUT2D eigenvalue weighted by Gasteiger charge is -2.16. The summed E-state index contributed by atoms with van der Waals surface area (Å²) in [4.78, 5) is 24.1. The minimum atomic E-state index is -0.610. The van der Waals surface area contributed by atoms with E-state index >= 15 is 0 Å². The molecule has 1 aromatic rings. The molecule has 1 aromatic carbocycles. The van der Waals surface area contributed by atoms with Gasteiger partial charge in [-0.1, -0.05) is 11.6 Å². The van der Waals surface area contributed by atoms with Gasteiger partial charge in [0.15, 0.2) is 0 Å². The van der Waals surface area contributed by atoms with Crippen LogP contribution in [0.3, 0.4) is 0 Å². The fraction of sp³-hybridized carbons (Fsp3) is 0.273. The van der Waals surface area contributed by atoms with Gasteiger partial charge < -0.3 is 16.0 Å². The Morgan fingerprint density at radius 1 is 1.41 bits per heavy atom. The molecule has 0 spiro atoms. The second-order valence-electron chi connectivity index (χ2n) is 3.89. The van der Waals surface area contributed by atoms with Gasteiger partial charge in [-0.15, -0.1) is 0 Å². The molecule has 5 nitrogen and oxygen atoms in total. The van der Waals surface area contributed by atoms with Crippen molar-refractivity contribution in [1.82, 2.24) is 5.32 Å². The van der Waals surface area contributed by atoms with E-state index in [4.69, 9.17) is 17.3 Å². The fourth-order valence-electron chi connectivity index (χ4n) is 1.88. The van der Waals surface area contributed by atoms with E-state index in [1.165, 1.54) is 0 Å². The molecule has 0 aromatic heterocycles. The SMILES string of the molecule is NC(=O)NC1CC(=O)N(c2ccc(Cl)cc2)C1. The monoisotopic (exact) mass is 253 g/mol. The van der Waals surface area contributed by atoms with Crippen LogP contribution in [0.2, 0.25) is 5.02 Å². The number of urea groups is 1. The number of rotatable bonds is 2. The molecule has 0 aliphatic carbocycles. The predicted octanol–water partition coefficient (Wildman–Crippen LogP) is 1.11. The first-order valence-corrected chi connectivity index (χ1v) is 5.56. The predicted molar refractivity (Wildman–Crippen MR) is 64.9 cm³/mol. The van der Waals surface area contributed by atoms with Gasteiger partial charge in [0.05, 0.1) is 6.04 Å². The summed E-state index contributed by atoms with van der Waals surface area (Å²) in [6.07, 6.45) is 0.269. The molecule has 1 saturated heterocycles. The number of hydrogen-bond acceptors (Lipinski definition) is 2. The zero-order valence-corrected chi connectivity index (χ0v) is 9.78. The number of carbonyl (C=O) groups excluding carboxylic acids is 2. The molecular formula is C11H12ClN3O2. The lowest BCUT2D eigenvalue weighted by molar-refractivity contribution is -0.117. The minimum absolute atomic E-state index is 0.0360. The average molecular weight is 254 g/mol. The number of carbonyl (C=O) groups is 2. The second-order valence-corrected chi connectivity index (χ2v) is 4.33. The Labute approximate surface area is 104 Å². The lowest BCUT2D eigenvalue weighted by Crippen LogP contribution is -2.40. The van der Waals surface area contributed by atoms with Crippen LogP contribution >= 0.6 is 11.6 Å². The van der Waals surface area contributed by atoms with Crippen LogP contribution in [-0.2, 0) is 4.79 Å². The van der Waals surface area contributed by atoms with E-state index in [2.05, 4.69) is 5.32 Å². The van der Waals surface area contributed by atoms with Gasteiger partial charge in [-0.2, -0.15) is 0 Å². The van der Waals surface area contributed by atoms with Gasteiger partial charge in [-0.3, -0.25) is 4.79 Å². The van der Waals surface area contributed by atoms with Crippen molar-refractivity contribution in [2.75, 3.05) is 11.4 Å². The van der Waals surface area contributed by atoms with Gasteiger partial charge in [-0.05, 0) is 24.3 Å². The maximum absolute atomic E-state index is 11.8. The molecule has 3 amide bonds. The molecular weight excluding hydrogens is 242 g/mol. The third kappa shape index (κ3) is 2.68. The van der Waals surface area contributed by atoms with Crippen molar-refractivity contribution < 1.29 is 9.59 Å². The molecule has 1 unspecified atom stereocenters. The maximum atomic E-state index is 11.8. The highest BCUT2D eigenvalue weighted by Crippen LogP contribution is 2.23. The second kappa shape index (κ2) is 4.63. The Morgan fingerprint density at radius 2 is 2.06 bits per heavy atom. The summed E-state index contributed by atoms with van der Waals surface area (Å²) >= 11 is 5.78. The highest BCUT2D eigenvalue weighted by atomic mass is 35.5. The number of benzene rings is 1. The first-order chi connectivity index (χ1) is 8.06. The van der Waals surface area contributed by atoms with E-state index in [-0.39, 0.29) is 18.4 Å². The normalized spacial score (nSPS) is 19.5. The van der Waals surface area contributed by atoms with Crippen LogP contribution in [0.5, 0.6) is 0 Å². The molecule has 0 bridgehead atoms. The largest absolute Gasteiger partial charge is 0.352 e. The molecule has 3 N–H and O–H groups in total. The topological polar surface area (TPSA) is 75.4 Å². The van der Waals surface area contributed by atoms with Crippen LogP contribution in [0.1, 0.15) is 6.42 Å². The summed E-state index contributed by atoms with van der Waals surface area (Å²) in [6.45, 7) is 0.434. The summed E-state index contributed by atoms with van der Waals surface area (Å²) in [5.74, 6) is -0.0360. The van der Waals surface area contributed by atoms with Crippen LogP contribution in [0, 0.1) is 0 Å². The zero-order valence-electron chi connectivity index (χ0n) is 9.02. The van der Waals surface area contributed by atoms with Gasteiger partial charge in [-0.25, -0.2) is 4.79 Å². The highest BCUT2D eigenvalue weighted by molar-refractivity contribution is 6.30. The zero-order chi connectivity index (χ0) is 12.4. The first-order valence-electron chi connectivity index (χ1n) is 5.18. The average Bonchev–Trinajstić information content (AvgIpc) is 2.59. The number of nitrogens with zero attached hydrogens (tertiary/aromatic N) is 1. The number of halogens is 1. The van der Waals surface area contributed by atoms with Crippen molar-refractivity contribution in [3.63, 3.8) is 0 Å². The fourth-order valence-corrected chi connectivity index (χ4v) is 2.00. The number of anilines is 1. The van der Waals surface area contributed by atoms with Crippen molar-refractivity contribution >= 4 is 29.2 Å². The standard InChI is InChI=1S/C11H12ClN3O2/c12-7-1-3-9(4-2-7)15-6-8(5-10(15)16)14-11(13)17/h1-4,8H,5-6H2,(H3,13,14,17). The molecule has 1 aliphatic heterocycles. The van der Waals surface area contributed by atoms with E-state index in [1.54, 1.807) is 29.2 Å². The summed E-state index contributed by atoms with van der Waals surface area (Å²) in [5.41, 5.74) is 5.80. The Balaban J connectivity index is 2.10. The first kappa shape index (κ1) is 11.7. The third-order valence-corrected chi connectivity index (χ3v) is 2.86. The molecule has 1 fully saturated rings. The molecule has 1 heterocycles. The molecule has 2 rings (SSSR count). The summed E-state index contributed by atoms with van der Waals surface area (Å²) in [7, 11) is 0. The third-order valence-electron chi connectivity index (χ3n) is 2.61. The van der Waals surface area contributed by atoms with Crippen LogP contribution < -0.4 is 16.0 Å². The highest BCUT2D eigenvalue weighted by Gasteiger charge is 2.31. The van der Waals surface area contributed by atoms with Crippen LogP contribution in [-0.4, -0.2) is 24.5 Å². The Bertz CT molecular complexity index is 447. The van der Waals surface area contributed by atoms with Crippen molar-refractivity contribution in [3.8, 4) is 0 Å². The van der Waals surface area contributed by atoms with Crippen molar-refractivity contribution in [1.29, 1.82) is 0 Å². The molecule has 1 aliphatic rings. The summed E-state index contributed by atoms with van der Waals surface area (Å²) < 4.78 is 0. The van der Waals surface area contributed by atoms with E-state index in [0.29, 0.717) is 11.6 Å². The Kier molecular flexibility index (Phi) is 3.19. The Morgan fingerprint density at radius 3 is 2.65 bits per heavy atom. The molecule has 0 saturated carbocycles. The number of amides is 3. The van der Waals surface area contributed by atoms with Gasteiger partial charge >= 0.3 is 6.03 Å². The van der Waals surface area contributed by atoms with Gasteiger partial charge in [0.2, 0.25) is 5.91 Å². The molecule has 1 atom stereocenters. The molecule has 17 heavy (non-hydrogen) atoms. The van der Waals surface area contributed by atoms with Gasteiger partial charge in [0.25, 0.3) is 0 Å². The number of primary amides is 1. The quantitative estimate of drug-likeness (QED) is 0.829. The van der Waals surface area contributed by atoms with E-state index < -0.39 is 6.03 Å². The lowest BCUT2D eigenvalue weighted by atomic mass is 10.3. The van der Waals surface area contributed by atoms with Gasteiger partial charge in [0.1, 0.15) is 0 Å². The molecule has 90 valence electrons. The van der Waals surface area contributed by atoms with E-state index in [9.17, 15) is 9.59 Å². The van der Waals surface area contributed by atoms with Crippen molar-refractivity contribution in [2.24, 2.45) is 5.73 Å². The molecule has 0 radical (unpaired) electrons. The van der Waals surface area contributed by atoms with Crippen LogP contribution in [0.25, 0.3) is 0 Å². The molecule has 6 heteroatoms.